The zero-order chi connectivity index (χ0) is 20.8. The van der Waals surface area contributed by atoms with E-state index >= 15 is 0 Å². The first-order valence-corrected chi connectivity index (χ1v) is 10.8. The Kier molecular flexibility index (Phi) is 7.24. The number of aromatic nitrogens is 3. The SMILES string of the molecule is C[C@H]1CCCC[C@H]1NC(=O)CSc1nnc(CC(=O)Nc2ccc(F)cc2)n1C. The van der Waals surface area contributed by atoms with Crippen molar-refractivity contribution in [2.24, 2.45) is 13.0 Å². The summed E-state index contributed by atoms with van der Waals surface area (Å²) in [6.45, 7) is 2.18. The van der Waals surface area contributed by atoms with Gasteiger partial charge in [0.2, 0.25) is 11.8 Å². The predicted octanol–water partition coefficient (Wildman–Crippen LogP) is 2.92. The van der Waals surface area contributed by atoms with Crippen LogP contribution in [0, 0.1) is 11.7 Å². The Labute approximate surface area is 173 Å². The Morgan fingerprint density at radius 2 is 1.90 bits per heavy atom. The molecule has 2 aromatic rings. The maximum atomic E-state index is 12.9. The molecule has 0 bridgehead atoms. The summed E-state index contributed by atoms with van der Waals surface area (Å²) in [6, 6.07) is 5.81. The molecule has 0 radical (unpaired) electrons. The van der Waals surface area contributed by atoms with E-state index in [1.54, 1.807) is 11.6 Å². The van der Waals surface area contributed by atoms with Crippen molar-refractivity contribution in [2.75, 3.05) is 11.1 Å². The number of benzene rings is 1. The van der Waals surface area contributed by atoms with Crippen molar-refractivity contribution in [3.8, 4) is 0 Å². The highest BCUT2D eigenvalue weighted by atomic mass is 32.2. The van der Waals surface area contributed by atoms with E-state index in [0.717, 1.165) is 19.3 Å². The number of carbonyl (C=O) groups excluding carboxylic acids is 2. The van der Waals surface area contributed by atoms with E-state index in [9.17, 15) is 14.0 Å². The number of nitrogens with one attached hydrogen (secondary N) is 2. The van der Waals surface area contributed by atoms with E-state index in [-0.39, 0.29) is 35.8 Å². The minimum Gasteiger partial charge on any atom is -0.352 e. The van der Waals surface area contributed by atoms with Gasteiger partial charge in [-0.1, -0.05) is 31.5 Å². The molecule has 9 heteroatoms. The quantitative estimate of drug-likeness (QED) is 0.674. The second-order valence-corrected chi connectivity index (χ2v) is 8.36. The molecule has 1 aliphatic carbocycles. The molecule has 1 aliphatic rings. The molecule has 2 atom stereocenters. The average molecular weight is 420 g/mol. The molecule has 7 nitrogen and oxygen atoms in total. The number of thioether (sulfide) groups is 1. The van der Waals surface area contributed by atoms with E-state index in [0.29, 0.717) is 22.6 Å². The summed E-state index contributed by atoms with van der Waals surface area (Å²) < 4.78 is 14.7. The summed E-state index contributed by atoms with van der Waals surface area (Å²) in [6.07, 6.45) is 4.63. The molecule has 2 N–H and O–H groups in total. The third-order valence-corrected chi connectivity index (χ3v) is 6.18. The van der Waals surface area contributed by atoms with Crippen LogP contribution < -0.4 is 10.6 Å². The molecule has 29 heavy (non-hydrogen) atoms. The van der Waals surface area contributed by atoms with Gasteiger partial charge in [-0.05, 0) is 43.0 Å². The topological polar surface area (TPSA) is 88.9 Å². The van der Waals surface area contributed by atoms with Crippen LogP contribution in [0.3, 0.4) is 0 Å². The van der Waals surface area contributed by atoms with Crippen molar-refractivity contribution in [2.45, 2.75) is 50.2 Å². The molecule has 0 unspecified atom stereocenters. The molecule has 1 aromatic carbocycles. The molecular formula is C20H26FN5O2S. The van der Waals surface area contributed by atoms with Crippen LogP contribution >= 0.6 is 11.8 Å². The van der Waals surface area contributed by atoms with Gasteiger partial charge < -0.3 is 15.2 Å². The number of hydrogen-bond donors (Lipinski definition) is 2. The number of nitrogens with zero attached hydrogens (tertiary/aromatic N) is 3. The van der Waals surface area contributed by atoms with Gasteiger partial charge in [0.1, 0.15) is 11.6 Å². The number of anilines is 1. The smallest absolute Gasteiger partial charge is 0.232 e. The van der Waals surface area contributed by atoms with E-state index in [1.165, 1.54) is 42.4 Å². The normalized spacial score (nSPS) is 19.0. The maximum Gasteiger partial charge on any atom is 0.232 e. The van der Waals surface area contributed by atoms with Gasteiger partial charge in [-0.2, -0.15) is 0 Å². The van der Waals surface area contributed by atoms with Crippen molar-refractivity contribution in [1.29, 1.82) is 0 Å². The lowest BCUT2D eigenvalue weighted by Crippen LogP contribution is -2.41. The van der Waals surface area contributed by atoms with Crippen LogP contribution in [0.2, 0.25) is 0 Å². The van der Waals surface area contributed by atoms with Crippen molar-refractivity contribution in [3.05, 3.63) is 35.9 Å². The largest absolute Gasteiger partial charge is 0.352 e. The summed E-state index contributed by atoms with van der Waals surface area (Å²) in [7, 11) is 1.77. The van der Waals surface area contributed by atoms with Crippen molar-refractivity contribution in [3.63, 3.8) is 0 Å². The number of carbonyl (C=O) groups is 2. The van der Waals surface area contributed by atoms with Gasteiger partial charge in [0.25, 0.3) is 0 Å². The Morgan fingerprint density at radius 1 is 1.17 bits per heavy atom. The third kappa shape index (κ3) is 6.03. The minimum absolute atomic E-state index is 0.00708. The fourth-order valence-corrected chi connectivity index (χ4v) is 4.16. The minimum atomic E-state index is -0.361. The van der Waals surface area contributed by atoms with Crippen molar-refractivity contribution in [1.82, 2.24) is 20.1 Å². The molecule has 0 saturated heterocycles. The second-order valence-electron chi connectivity index (χ2n) is 7.41. The third-order valence-electron chi connectivity index (χ3n) is 5.16. The van der Waals surface area contributed by atoms with Crippen molar-refractivity contribution >= 4 is 29.3 Å². The van der Waals surface area contributed by atoms with Gasteiger partial charge in [-0.15, -0.1) is 10.2 Å². The van der Waals surface area contributed by atoms with Crippen LogP contribution in [0.15, 0.2) is 29.4 Å². The van der Waals surface area contributed by atoms with Gasteiger partial charge >= 0.3 is 0 Å². The fourth-order valence-electron chi connectivity index (χ4n) is 3.42. The number of rotatable bonds is 7. The molecule has 156 valence electrons. The number of halogens is 1. The van der Waals surface area contributed by atoms with Gasteiger partial charge in [0, 0.05) is 18.8 Å². The molecule has 2 amide bonds. The summed E-state index contributed by atoms with van der Waals surface area (Å²) in [5.41, 5.74) is 0.516. The first-order valence-electron chi connectivity index (χ1n) is 9.78. The zero-order valence-corrected chi connectivity index (χ0v) is 17.5. The number of hydrogen-bond acceptors (Lipinski definition) is 5. The monoisotopic (exact) mass is 419 g/mol. The van der Waals surface area contributed by atoms with Crippen LogP contribution in [0.25, 0.3) is 0 Å². The number of amides is 2. The average Bonchev–Trinajstić information content (AvgIpc) is 3.03. The molecule has 1 fully saturated rings. The van der Waals surface area contributed by atoms with Gasteiger partial charge in [-0.25, -0.2) is 4.39 Å². The molecule has 1 saturated carbocycles. The molecule has 3 rings (SSSR count). The van der Waals surface area contributed by atoms with Crippen LogP contribution in [-0.4, -0.2) is 38.4 Å². The van der Waals surface area contributed by atoms with E-state index in [1.807, 2.05) is 0 Å². The highest BCUT2D eigenvalue weighted by Crippen LogP contribution is 2.24. The van der Waals surface area contributed by atoms with Crippen LogP contribution in [0.1, 0.15) is 38.4 Å². The predicted molar refractivity (Wildman–Crippen MR) is 110 cm³/mol. The van der Waals surface area contributed by atoms with Crippen LogP contribution in [0.4, 0.5) is 10.1 Å². The van der Waals surface area contributed by atoms with Crippen molar-refractivity contribution < 1.29 is 14.0 Å². The van der Waals surface area contributed by atoms with E-state index < -0.39 is 0 Å². The summed E-state index contributed by atoms with van der Waals surface area (Å²) >= 11 is 1.30. The highest BCUT2D eigenvalue weighted by molar-refractivity contribution is 7.99. The Balaban J connectivity index is 1.49. The molecule has 1 heterocycles. The molecule has 1 aromatic heterocycles. The zero-order valence-electron chi connectivity index (χ0n) is 16.7. The molecule has 0 aliphatic heterocycles. The summed E-state index contributed by atoms with van der Waals surface area (Å²) in [5, 5.41) is 14.5. The standard InChI is InChI=1S/C20H26FN5O2S/c1-13-5-3-4-6-16(13)23-19(28)12-29-20-25-24-17(26(20)2)11-18(27)22-15-9-7-14(21)8-10-15/h7-10,13,16H,3-6,11-12H2,1-2H3,(H,22,27)(H,23,28)/t13-,16+/m0/s1. The summed E-state index contributed by atoms with van der Waals surface area (Å²) in [4.78, 5) is 24.5. The first kappa shape index (κ1) is 21.3. The lowest BCUT2D eigenvalue weighted by atomic mass is 9.86. The van der Waals surface area contributed by atoms with E-state index in [4.69, 9.17) is 0 Å². The lowest BCUT2D eigenvalue weighted by Gasteiger charge is -2.29. The van der Waals surface area contributed by atoms with Crippen LogP contribution in [0.5, 0.6) is 0 Å². The van der Waals surface area contributed by atoms with Crippen LogP contribution in [-0.2, 0) is 23.1 Å². The van der Waals surface area contributed by atoms with Gasteiger partial charge in [0.15, 0.2) is 5.16 Å². The van der Waals surface area contributed by atoms with E-state index in [2.05, 4.69) is 27.8 Å². The maximum absolute atomic E-state index is 12.9. The second kappa shape index (κ2) is 9.87. The summed E-state index contributed by atoms with van der Waals surface area (Å²) in [5.74, 6) is 0.629. The first-order chi connectivity index (χ1) is 13.9. The van der Waals surface area contributed by atoms with Gasteiger partial charge in [-0.3, -0.25) is 9.59 Å². The fraction of sp³-hybridized carbons (Fsp3) is 0.500. The Hall–Kier alpha value is -2.42. The lowest BCUT2D eigenvalue weighted by molar-refractivity contribution is -0.120. The Bertz CT molecular complexity index is 855. The molecular weight excluding hydrogens is 393 g/mol. The molecule has 0 spiro atoms. The van der Waals surface area contributed by atoms with Gasteiger partial charge in [0.05, 0.1) is 12.2 Å². The Morgan fingerprint density at radius 3 is 2.62 bits per heavy atom. The highest BCUT2D eigenvalue weighted by Gasteiger charge is 2.23.